The van der Waals surface area contributed by atoms with E-state index >= 15 is 0 Å². The Morgan fingerprint density at radius 3 is 2.59 bits per heavy atom. The van der Waals surface area contributed by atoms with Crippen LogP contribution in [0, 0.1) is 0 Å². The summed E-state index contributed by atoms with van der Waals surface area (Å²) in [6.45, 7) is 3.74. The first kappa shape index (κ1) is 13.7. The summed E-state index contributed by atoms with van der Waals surface area (Å²) in [5, 5.41) is 0. The third-order valence-electron chi connectivity index (χ3n) is 2.43. The van der Waals surface area contributed by atoms with E-state index in [9.17, 15) is 13.2 Å². The molecule has 0 radical (unpaired) electrons. The van der Waals surface area contributed by atoms with E-state index in [4.69, 9.17) is 4.74 Å². The highest BCUT2D eigenvalue weighted by atomic mass is 32.2. The molecule has 0 amide bonds. The largest absolute Gasteiger partial charge is 0.466 e. The second-order valence-electron chi connectivity index (χ2n) is 3.82. The monoisotopic (exact) mass is 256 g/mol. The molecule has 1 rings (SSSR count). The van der Waals surface area contributed by atoms with Gasteiger partial charge in [-0.2, -0.15) is 0 Å². The van der Waals surface area contributed by atoms with Gasteiger partial charge in [0, 0.05) is 6.26 Å². The summed E-state index contributed by atoms with van der Waals surface area (Å²) >= 11 is 0. The average molecular weight is 256 g/mol. The van der Waals surface area contributed by atoms with Crippen molar-refractivity contribution in [3.05, 3.63) is 29.8 Å². The van der Waals surface area contributed by atoms with Gasteiger partial charge in [0.25, 0.3) is 0 Å². The summed E-state index contributed by atoms with van der Waals surface area (Å²) in [4.78, 5) is 11.7. The standard InChI is InChI=1S/C12H16O4S/c1-4-16-12(13)9(2)10-6-5-7-11(8-10)17(3,14)15/h5-9H,4H2,1-3H3. The number of hydrogen-bond acceptors (Lipinski definition) is 4. The topological polar surface area (TPSA) is 60.4 Å². The minimum atomic E-state index is -3.25. The summed E-state index contributed by atoms with van der Waals surface area (Å²) in [7, 11) is -3.25. The van der Waals surface area contributed by atoms with Gasteiger partial charge < -0.3 is 4.74 Å². The molecule has 0 N–H and O–H groups in total. The molecule has 94 valence electrons. The Labute approximate surface area is 102 Å². The molecule has 0 bridgehead atoms. The zero-order valence-corrected chi connectivity index (χ0v) is 11.0. The summed E-state index contributed by atoms with van der Waals surface area (Å²) in [5.41, 5.74) is 0.645. The Hall–Kier alpha value is -1.36. The molecule has 0 aliphatic carbocycles. The maximum atomic E-state index is 11.5. The van der Waals surface area contributed by atoms with Crippen molar-refractivity contribution >= 4 is 15.8 Å². The highest BCUT2D eigenvalue weighted by Gasteiger charge is 2.18. The first-order chi connectivity index (χ1) is 7.86. The molecule has 1 atom stereocenters. The van der Waals surface area contributed by atoms with E-state index < -0.39 is 15.8 Å². The quantitative estimate of drug-likeness (QED) is 0.770. The molecular weight excluding hydrogens is 240 g/mol. The summed E-state index contributed by atoms with van der Waals surface area (Å²) in [6, 6.07) is 6.37. The van der Waals surface area contributed by atoms with Crippen LogP contribution in [0.2, 0.25) is 0 Å². The molecule has 0 aliphatic heterocycles. The third-order valence-corrected chi connectivity index (χ3v) is 3.54. The highest BCUT2D eigenvalue weighted by molar-refractivity contribution is 7.90. The number of esters is 1. The van der Waals surface area contributed by atoms with Gasteiger partial charge in [-0.1, -0.05) is 12.1 Å². The fourth-order valence-electron chi connectivity index (χ4n) is 1.42. The van der Waals surface area contributed by atoms with Gasteiger partial charge in [0.2, 0.25) is 0 Å². The van der Waals surface area contributed by atoms with Gasteiger partial charge in [-0.05, 0) is 31.5 Å². The SMILES string of the molecule is CCOC(=O)C(C)c1cccc(S(C)(=O)=O)c1. The lowest BCUT2D eigenvalue weighted by atomic mass is 10.0. The lowest BCUT2D eigenvalue weighted by Gasteiger charge is -2.11. The van der Waals surface area contributed by atoms with Crippen LogP contribution in [-0.2, 0) is 19.4 Å². The molecule has 0 spiro atoms. The zero-order chi connectivity index (χ0) is 13.1. The Balaban J connectivity index is 3.04. The van der Waals surface area contributed by atoms with Crippen molar-refractivity contribution in [3.63, 3.8) is 0 Å². The molecule has 0 saturated carbocycles. The van der Waals surface area contributed by atoms with Crippen molar-refractivity contribution in [2.75, 3.05) is 12.9 Å². The molecule has 5 heteroatoms. The van der Waals surface area contributed by atoms with E-state index in [1.165, 1.54) is 12.1 Å². The maximum absolute atomic E-state index is 11.5. The van der Waals surface area contributed by atoms with Crippen molar-refractivity contribution < 1.29 is 17.9 Å². The average Bonchev–Trinajstić information content (AvgIpc) is 2.27. The molecule has 0 aromatic heterocycles. The summed E-state index contributed by atoms with van der Waals surface area (Å²) in [5.74, 6) is -0.810. The fourth-order valence-corrected chi connectivity index (χ4v) is 2.09. The molecule has 0 fully saturated rings. The van der Waals surface area contributed by atoms with Crippen LogP contribution in [0.3, 0.4) is 0 Å². The van der Waals surface area contributed by atoms with E-state index in [2.05, 4.69) is 0 Å². The molecular formula is C12H16O4S. The third kappa shape index (κ3) is 3.56. The number of ether oxygens (including phenoxy) is 1. The Kier molecular flexibility index (Phi) is 4.28. The van der Waals surface area contributed by atoms with Gasteiger partial charge in [-0.3, -0.25) is 4.79 Å². The molecule has 0 heterocycles. The van der Waals surface area contributed by atoms with Crippen molar-refractivity contribution in [1.82, 2.24) is 0 Å². The lowest BCUT2D eigenvalue weighted by molar-refractivity contribution is -0.144. The summed E-state index contributed by atoms with van der Waals surface area (Å²) in [6.07, 6.45) is 1.14. The van der Waals surface area contributed by atoms with Crippen LogP contribution in [0.5, 0.6) is 0 Å². The number of carbonyl (C=O) groups excluding carboxylic acids is 1. The molecule has 17 heavy (non-hydrogen) atoms. The Morgan fingerprint density at radius 1 is 1.41 bits per heavy atom. The minimum Gasteiger partial charge on any atom is -0.466 e. The van der Waals surface area contributed by atoms with Crippen LogP contribution in [0.1, 0.15) is 25.3 Å². The first-order valence-electron chi connectivity index (χ1n) is 5.33. The zero-order valence-electron chi connectivity index (χ0n) is 10.1. The summed E-state index contributed by atoms with van der Waals surface area (Å²) < 4.78 is 27.7. The van der Waals surface area contributed by atoms with Crippen LogP contribution in [0.25, 0.3) is 0 Å². The Bertz CT molecular complexity index is 505. The predicted molar refractivity (Wildman–Crippen MR) is 64.6 cm³/mol. The maximum Gasteiger partial charge on any atom is 0.313 e. The van der Waals surface area contributed by atoms with Gasteiger partial charge in [0.15, 0.2) is 9.84 Å². The van der Waals surface area contributed by atoms with Crippen LogP contribution in [0.15, 0.2) is 29.2 Å². The number of carbonyl (C=O) groups is 1. The van der Waals surface area contributed by atoms with E-state index in [1.807, 2.05) is 0 Å². The first-order valence-corrected chi connectivity index (χ1v) is 7.22. The number of benzene rings is 1. The molecule has 1 aromatic rings. The lowest BCUT2D eigenvalue weighted by Crippen LogP contribution is -2.13. The van der Waals surface area contributed by atoms with Gasteiger partial charge in [-0.25, -0.2) is 8.42 Å². The smallest absolute Gasteiger partial charge is 0.313 e. The van der Waals surface area contributed by atoms with E-state index in [0.717, 1.165) is 6.26 Å². The molecule has 1 aromatic carbocycles. The molecule has 0 saturated heterocycles. The molecule has 4 nitrogen and oxygen atoms in total. The van der Waals surface area contributed by atoms with Gasteiger partial charge >= 0.3 is 5.97 Å². The van der Waals surface area contributed by atoms with Gasteiger partial charge in [-0.15, -0.1) is 0 Å². The van der Waals surface area contributed by atoms with Crippen LogP contribution >= 0.6 is 0 Å². The van der Waals surface area contributed by atoms with E-state index in [-0.39, 0.29) is 10.9 Å². The van der Waals surface area contributed by atoms with Crippen LogP contribution in [-0.4, -0.2) is 27.2 Å². The number of rotatable bonds is 4. The number of hydrogen-bond donors (Lipinski definition) is 0. The van der Waals surface area contributed by atoms with Crippen LogP contribution in [0.4, 0.5) is 0 Å². The van der Waals surface area contributed by atoms with Crippen LogP contribution < -0.4 is 0 Å². The highest BCUT2D eigenvalue weighted by Crippen LogP contribution is 2.20. The second-order valence-corrected chi connectivity index (χ2v) is 5.83. The number of sulfone groups is 1. The normalized spacial score (nSPS) is 13.1. The Morgan fingerprint density at radius 2 is 2.06 bits per heavy atom. The fraction of sp³-hybridized carbons (Fsp3) is 0.417. The van der Waals surface area contributed by atoms with E-state index in [0.29, 0.717) is 12.2 Å². The van der Waals surface area contributed by atoms with E-state index in [1.54, 1.807) is 26.0 Å². The molecule has 1 unspecified atom stereocenters. The van der Waals surface area contributed by atoms with Gasteiger partial charge in [0.1, 0.15) is 0 Å². The van der Waals surface area contributed by atoms with Gasteiger partial charge in [0.05, 0.1) is 17.4 Å². The van der Waals surface area contributed by atoms with Crippen molar-refractivity contribution in [3.8, 4) is 0 Å². The van der Waals surface area contributed by atoms with Crippen molar-refractivity contribution in [2.24, 2.45) is 0 Å². The van der Waals surface area contributed by atoms with Crippen molar-refractivity contribution in [2.45, 2.75) is 24.7 Å². The van der Waals surface area contributed by atoms with Crippen molar-refractivity contribution in [1.29, 1.82) is 0 Å². The predicted octanol–water partition coefficient (Wildman–Crippen LogP) is 1.76. The second kappa shape index (κ2) is 5.31. The minimum absolute atomic E-state index is 0.214. The molecule has 0 aliphatic rings.